The Morgan fingerprint density at radius 2 is 1.85 bits per heavy atom. The fraction of sp³-hybridized carbons (Fsp3) is 0.389. The summed E-state index contributed by atoms with van der Waals surface area (Å²) in [5.41, 5.74) is 0.191. The minimum absolute atomic E-state index is 0.338. The average Bonchev–Trinajstić information content (AvgIpc) is 3.01. The number of aromatic nitrogens is 4. The van der Waals surface area contributed by atoms with Crippen molar-refractivity contribution in [2.45, 2.75) is 32.2 Å². The molecular weight excluding hydrogens is 334 g/mol. The van der Waals surface area contributed by atoms with Gasteiger partial charge in [0, 0.05) is 20.6 Å². The highest BCUT2D eigenvalue weighted by molar-refractivity contribution is 5.70. The number of hydrogen-bond donors (Lipinski definition) is 2. The van der Waals surface area contributed by atoms with Crippen molar-refractivity contribution in [3.05, 3.63) is 63.1 Å². The topological polar surface area (TPSA) is 94.1 Å². The maximum Gasteiger partial charge on any atom is 0.332 e. The lowest BCUT2D eigenvalue weighted by Gasteiger charge is -2.33. The molecule has 2 aromatic heterocycles. The van der Waals surface area contributed by atoms with Crippen LogP contribution in [0.4, 0.5) is 0 Å². The number of nitrogens with one attached hydrogen (secondary N) is 1. The molecule has 3 aromatic rings. The molecule has 0 bridgehead atoms. The summed E-state index contributed by atoms with van der Waals surface area (Å²) in [7, 11) is 3.04. The van der Waals surface area contributed by atoms with Gasteiger partial charge in [0.1, 0.15) is 6.23 Å². The van der Waals surface area contributed by atoms with Gasteiger partial charge in [-0.1, -0.05) is 30.3 Å². The molecule has 2 heterocycles. The summed E-state index contributed by atoms with van der Waals surface area (Å²) >= 11 is 0. The molecule has 8 nitrogen and oxygen atoms in total. The first-order chi connectivity index (χ1) is 12.2. The van der Waals surface area contributed by atoms with E-state index in [2.05, 4.69) is 10.3 Å². The van der Waals surface area contributed by atoms with E-state index < -0.39 is 23.0 Å². The van der Waals surface area contributed by atoms with Crippen molar-refractivity contribution in [1.82, 2.24) is 24.0 Å². The van der Waals surface area contributed by atoms with E-state index in [-0.39, 0.29) is 0 Å². The zero-order valence-electron chi connectivity index (χ0n) is 15.3. The molecule has 1 aromatic carbocycles. The maximum absolute atomic E-state index is 12.6. The number of rotatable bonds is 5. The summed E-state index contributed by atoms with van der Waals surface area (Å²) in [6.45, 7) is 3.95. The summed E-state index contributed by atoms with van der Waals surface area (Å²) in [4.78, 5) is 29.0. The van der Waals surface area contributed by atoms with Crippen molar-refractivity contribution in [3.63, 3.8) is 0 Å². The zero-order chi connectivity index (χ0) is 19.1. The van der Waals surface area contributed by atoms with Crippen molar-refractivity contribution in [1.29, 1.82) is 0 Å². The van der Waals surface area contributed by atoms with Crippen molar-refractivity contribution < 1.29 is 5.11 Å². The van der Waals surface area contributed by atoms with Gasteiger partial charge in [0.2, 0.25) is 0 Å². The van der Waals surface area contributed by atoms with Crippen LogP contribution in [0.15, 0.2) is 46.2 Å². The lowest BCUT2D eigenvalue weighted by Crippen LogP contribution is -2.48. The van der Waals surface area contributed by atoms with Gasteiger partial charge >= 0.3 is 5.69 Å². The van der Waals surface area contributed by atoms with E-state index in [0.717, 1.165) is 10.1 Å². The van der Waals surface area contributed by atoms with Crippen LogP contribution in [0.25, 0.3) is 11.2 Å². The van der Waals surface area contributed by atoms with Gasteiger partial charge in [-0.3, -0.25) is 19.2 Å². The molecule has 0 aliphatic heterocycles. The molecule has 3 rings (SSSR count). The van der Waals surface area contributed by atoms with Gasteiger partial charge in [0.25, 0.3) is 5.56 Å². The number of aliphatic hydroxyl groups excluding tert-OH is 1. The summed E-state index contributed by atoms with van der Waals surface area (Å²) in [5.74, 6) is 0. The molecule has 2 atom stereocenters. The second-order valence-corrected chi connectivity index (χ2v) is 6.77. The molecule has 8 heteroatoms. The van der Waals surface area contributed by atoms with E-state index in [9.17, 15) is 14.7 Å². The molecule has 0 spiro atoms. The second kappa shape index (κ2) is 6.54. The van der Waals surface area contributed by atoms with Gasteiger partial charge in [-0.05, 0) is 19.4 Å². The number of fused-ring (bicyclic) bond motifs is 1. The molecule has 0 saturated heterocycles. The number of benzene rings is 1. The smallest absolute Gasteiger partial charge is 0.332 e. The van der Waals surface area contributed by atoms with Crippen molar-refractivity contribution in [2.75, 3.05) is 0 Å². The largest absolute Gasteiger partial charge is 0.379 e. The van der Waals surface area contributed by atoms with Gasteiger partial charge in [0.05, 0.1) is 11.9 Å². The minimum atomic E-state index is -0.748. The second-order valence-electron chi connectivity index (χ2n) is 6.77. The Morgan fingerprint density at radius 1 is 1.19 bits per heavy atom. The molecule has 138 valence electrons. The Morgan fingerprint density at radius 3 is 2.46 bits per heavy atom. The monoisotopic (exact) mass is 357 g/mol. The average molecular weight is 357 g/mol. The Balaban J connectivity index is 2.17. The number of nitrogens with zero attached hydrogens (tertiary/aromatic N) is 4. The molecule has 0 saturated carbocycles. The third-order valence-corrected chi connectivity index (χ3v) is 4.64. The number of imidazole rings is 1. The van der Waals surface area contributed by atoms with E-state index in [0.29, 0.717) is 17.7 Å². The first-order valence-corrected chi connectivity index (χ1v) is 8.37. The van der Waals surface area contributed by atoms with Crippen LogP contribution in [0.2, 0.25) is 0 Å². The Bertz CT molecular complexity index is 1050. The first kappa shape index (κ1) is 18.1. The van der Waals surface area contributed by atoms with Gasteiger partial charge in [0.15, 0.2) is 11.2 Å². The summed E-state index contributed by atoms with van der Waals surface area (Å²) in [6, 6.07) is 9.69. The third-order valence-electron chi connectivity index (χ3n) is 4.64. The molecule has 0 aliphatic carbocycles. The zero-order valence-corrected chi connectivity index (χ0v) is 15.3. The van der Waals surface area contributed by atoms with E-state index in [1.54, 1.807) is 24.9 Å². The molecule has 0 amide bonds. The molecule has 2 unspecified atom stereocenters. The quantitative estimate of drug-likeness (QED) is 0.640. The molecular formula is C18H23N5O3. The predicted molar refractivity (Wildman–Crippen MR) is 98.8 cm³/mol. The van der Waals surface area contributed by atoms with Gasteiger partial charge in [-0.2, -0.15) is 0 Å². The highest BCUT2D eigenvalue weighted by Gasteiger charge is 2.29. The third kappa shape index (κ3) is 2.97. The van der Waals surface area contributed by atoms with E-state index in [4.69, 9.17) is 0 Å². The van der Waals surface area contributed by atoms with Gasteiger partial charge in [-0.15, -0.1) is 0 Å². The Kier molecular flexibility index (Phi) is 4.55. The van der Waals surface area contributed by atoms with Crippen LogP contribution < -0.4 is 16.6 Å². The number of hydrogen-bond acceptors (Lipinski definition) is 5. The van der Waals surface area contributed by atoms with Crippen molar-refractivity contribution in [2.24, 2.45) is 14.1 Å². The van der Waals surface area contributed by atoms with Crippen molar-refractivity contribution >= 4 is 11.2 Å². The van der Waals surface area contributed by atoms with Crippen molar-refractivity contribution in [3.8, 4) is 0 Å². The molecule has 0 aliphatic rings. The molecule has 2 N–H and O–H groups in total. The SMILES string of the molecule is CC(O)NC(C)(Cn1cnc2c1c(=O)n(C)c(=O)n2C)c1ccccc1. The first-order valence-electron chi connectivity index (χ1n) is 8.37. The van der Waals surface area contributed by atoms with E-state index >= 15 is 0 Å². The van der Waals surface area contributed by atoms with Crippen LogP contribution in [0.5, 0.6) is 0 Å². The van der Waals surface area contributed by atoms with Crippen LogP contribution in [0.1, 0.15) is 19.4 Å². The van der Waals surface area contributed by atoms with E-state index in [1.165, 1.54) is 11.6 Å². The lowest BCUT2D eigenvalue weighted by molar-refractivity contribution is 0.104. The maximum atomic E-state index is 12.6. The highest BCUT2D eigenvalue weighted by Crippen LogP contribution is 2.24. The summed E-state index contributed by atoms with van der Waals surface area (Å²) in [5, 5.41) is 13.1. The van der Waals surface area contributed by atoms with Crippen LogP contribution in [0, 0.1) is 0 Å². The highest BCUT2D eigenvalue weighted by atomic mass is 16.3. The number of aliphatic hydroxyl groups is 1. The number of aryl methyl sites for hydroxylation is 1. The Hall–Kier alpha value is -2.71. The van der Waals surface area contributed by atoms with Gasteiger partial charge in [-0.25, -0.2) is 9.78 Å². The normalized spacial score (nSPS) is 15.1. The van der Waals surface area contributed by atoms with Crippen LogP contribution >= 0.6 is 0 Å². The van der Waals surface area contributed by atoms with E-state index in [1.807, 2.05) is 37.3 Å². The van der Waals surface area contributed by atoms with Crippen LogP contribution in [0.3, 0.4) is 0 Å². The van der Waals surface area contributed by atoms with Crippen LogP contribution in [-0.2, 0) is 26.2 Å². The minimum Gasteiger partial charge on any atom is -0.379 e. The fourth-order valence-corrected chi connectivity index (χ4v) is 3.34. The van der Waals surface area contributed by atoms with Gasteiger partial charge < -0.3 is 9.67 Å². The molecule has 0 radical (unpaired) electrons. The molecule has 26 heavy (non-hydrogen) atoms. The lowest BCUT2D eigenvalue weighted by atomic mass is 9.91. The van der Waals surface area contributed by atoms with Crippen LogP contribution in [-0.4, -0.2) is 30.0 Å². The predicted octanol–water partition coefficient (Wildman–Crippen LogP) is 0.277. The fourth-order valence-electron chi connectivity index (χ4n) is 3.34. The standard InChI is InChI=1S/C18H23N5O3/c1-12(24)20-18(2,13-8-6-5-7-9-13)10-23-11-19-15-14(23)16(25)22(4)17(26)21(15)3/h5-9,11-12,20,24H,10H2,1-4H3. The summed E-state index contributed by atoms with van der Waals surface area (Å²) in [6.07, 6.45) is 0.804. The summed E-state index contributed by atoms with van der Waals surface area (Å²) < 4.78 is 4.15. The molecule has 0 fully saturated rings. The Labute approximate surface area is 150 Å².